The molecule has 3 fully saturated rings. The third-order valence-corrected chi connectivity index (χ3v) is 8.50. The number of piperidine rings is 1. The minimum atomic E-state index is 0.499. The number of hydrogen-bond donors (Lipinski definition) is 0. The lowest BCUT2D eigenvalue weighted by Crippen LogP contribution is -2.49. The van der Waals surface area contributed by atoms with Gasteiger partial charge in [0.25, 0.3) is 0 Å². The van der Waals surface area contributed by atoms with E-state index in [2.05, 4.69) is 48.4 Å². The molecule has 3 aliphatic carbocycles. The molecular formula is C23H25ClNS+. The Morgan fingerprint density at radius 2 is 1.92 bits per heavy atom. The molecule has 5 atom stereocenters. The van der Waals surface area contributed by atoms with Crippen molar-refractivity contribution in [3.63, 3.8) is 0 Å². The van der Waals surface area contributed by atoms with Crippen molar-refractivity contribution in [2.45, 2.75) is 48.3 Å². The van der Waals surface area contributed by atoms with E-state index in [4.69, 9.17) is 11.6 Å². The van der Waals surface area contributed by atoms with Crippen molar-refractivity contribution in [2.24, 2.45) is 17.8 Å². The Labute approximate surface area is 166 Å². The van der Waals surface area contributed by atoms with E-state index in [0.717, 1.165) is 22.8 Å². The number of fused-ring (bicyclic) bond motifs is 4. The molecule has 0 N–H and O–H groups in total. The fraction of sp³-hybridized carbons (Fsp3) is 0.478. The van der Waals surface area contributed by atoms with Gasteiger partial charge in [-0.25, -0.2) is 0 Å². The van der Waals surface area contributed by atoms with Crippen molar-refractivity contribution in [3.05, 3.63) is 64.9 Å². The quantitative estimate of drug-likeness (QED) is 0.566. The maximum absolute atomic E-state index is 6.10. The zero-order chi connectivity index (χ0) is 17.7. The number of thioether (sulfide) groups is 1. The Kier molecular flexibility index (Phi) is 4.39. The predicted molar refractivity (Wildman–Crippen MR) is 110 cm³/mol. The average Bonchev–Trinajstić information content (AvgIpc) is 3.06. The molecule has 134 valence electrons. The molecule has 1 nitrogen and oxygen atoms in total. The van der Waals surface area contributed by atoms with Gasteiger partial charge in [0.05, 0.1) is 11.3 Å². The first-order valence-electron chi connectivity index (χ1n) is 9.88. The molecule has 1 aromatic carbocycles. The largest absolute Gasteiger partial charge is 0.319 e. The first-order chi connectivity index (χ1) is 12.7. The van der Waals surface area contributed by atoms with Crippen LogP contribution in [-0.2, 0) is 0 Å². The van der Waals surface area contributed by atoms with Crippen LogP contribution in [0.1, 0.15) is 32.1 Å². The van der Waals surface area contributed by atoms with E-state index in [0.29, 0.717) is 11.3 Å². The van der Waals surface area contributed by atoms with Gasteiger partial charge in [0.15, 0.2) is 11.3 Å². The van der Waals surface area contributed by atoms with Gasteiger partial charge in [0.2, 0.25) is 0 Å². The van der Waals surface area contributed by atoms with Gasteiger partial charge < -0.3 is 4.90 Å². The molecule has 3 heteroatoms. The number of benzene rings is 1. The van der Waals surface area contributed by atoms with Crippen LogP contribution in [0.15, 0.2) is 58.7 Å². The summed E-state index contributed by atoms with van der Waals surface area (Å²) in [4.78, 5) is 3.92. The van der Waals surface area contributed by atoms with E-state index in [-0.39, 0.29) is 0 Å². The second-order valence-corrected chi connectivity index (χ2v) is 9.82. The van der Waals surface area contributed by atoms with Crippen molar-refractivity contribution in [2.75, 3.05) is 7.05 Å². The Balaban J connectivity index is 1.53. The average molecular weight is 383 g/mol. The van der Waals surface area contributed by atoms with E-state index in [1.165, 1.54) is 48.3 Å². The third-order valence-electron chi connectivity index (χ3n) is 6.86. The zero-order valence-electron chi connectivity index (χ0n) is 15.2. The fourth-order valence-electron chi connectivity index (χ4n) is 5.82. The van der Waals surface area contributed by atoms with Gasteiger partial charge in [-0.3, -0.25) is 0 Å². The topological polar surface area (TPSA) is 3.24 Å². The molecule has 26 heavy (non-hydrogen) atoms. The number of likely N-dealkylation sites (N-methyl/N-ethyl adjacent to an activating group) is 1. The maximum atomic E-state index is 6.10. The van der Waals surface area contributed by atoms with Gasteiger partial charge in [-0.05, 0) is 48.9 Å². The summed E-state index contributed by atoms with van der Waals surface area (Å²) in [5.74, 6) is 2.52. The lowest BCUT2D eigenvalue weighted by atomic mass is 9.78. The highest BCUT2D eigenvalue weighted by Crippen LogP contribution is 2.56. The van der Waals surface area contributed by atoms with Crippen LogP contribution >= 0.6 is 23.4 Å². The zero-order valence-corrected chi connectivity index (χ0v) is 16.8. The summed E-state index contributed by atoms with van der Waals surface area (Å²) >= 11 is 8.13. The maximum Gasteiger partial charge on any atom is 0.153 e. The molecule has 0 bridgehead atoms. The van der Waals surface area contributed by atoms with Crippen LogP contribution in [0, 0.1) is 23.8 Å². The van der Waals surface area contributed by atoms with Crippen molar-refractivity contribution < 1.29 is 0 Å². The van der Waals surface area contributed by atoms with Crippen molar-refractivity contribution >= 4 is 23.4 Å². The summed E-state index contributed by atoms with van der Waals surface area (Å²) in [5.41, 5.74) is 2.79. The first kappa shape index (κ1) is 16.9. The van der Waals surface area contributed by atoms with Crippen LogP contribution in [-0.4, -0.2) is 23.2 Å². The number of nitrogens with zero attached hydrogens (tertiary/aromatic N) is 1. The van der Waals surface area contributed by atoms with E-state index in [9.17, 15) is 0 Å². The summed E-state index contributed by atoms with van der Waals surface area (Å²) in [7, 11) is 2.32. The molecular weight excluding hydrogens is 358 g/mol. The Bertz CT molecular complexity index is 778. The molecule has 4 aliphatic rings. The van der Waals surface area contributed by atoms with Crippen LogP contribution in [0.2, 0.25) is 5.02 Å². The predicted octanol–water partition coefficient (Wildman–Crippen LogP) is 6.12. The van der Waals surface area contributed by atoms with E-state index >= 15 is 0 Å². The Hall–Kier alpha value is -1.21. The lowest BCUT2D eigenvalue weighted by molar-refractivity contribution is 0.147. The highest BCUT2D eigenvalue weighted by atomic mass is 35.5. The van der Waals surface area contributed by atoms with Crippen LogP contribution in [0.4, 0.5) is 0 Å². The normalized spacial score (nSPS) is 35.0. The molecule has 0 spiro atoms. The van der Waals surface area contributed by atoms with E-state index in [1.54, 1.807) is 0 Å². The Morgan fingerprint density at radius 1 is 1.12 bits per heavy atom. The molecule has 1 aliphatic heterocycles. The molecule has 0 radical (unpaired) electrons. The SMILES string of the molecule is CN1C2=CC=C[C+]=C2C(Sc2ccc(Cl)cc2)C2CC3CCCCC3C21. The summed E-state index contributed by atoms with van der Waals surface area (Å²) in [5, 5.41) is 1.31. The molecule has 1 aromatic rings. The smallest absolute Gasteiger partial charge is 0.153 e. The fourth-order valence-corrected chi connectivity index (χ4v) is 7.29. The van der Waals surface area contributed by atoms with Crippen molar-refractivity contribution in [1.82, 2.24) is 4.90 Å². The monoisotopic (exact) mass is 382 g/mol. The summed E-state index contributed by atoms with van der Waals surface area (Å²) in [6.07, 6.45) is 17.2. The minimum Gasteiger partial charge on any atom is -0.319 e. The van der Waals surface area contributed by atoms with Gasteiger partial charge in [-0.1, -0.05) is 30.9 Å². The number of allylic oxidation sites excluding steroid dienone is 5. The van der Waals surface area contributed by atoms with Gasteiger partial charge in [-0.15, -0.1) is 11.8 Å². The highest BCUT2D eigenvalue weighted by Gasteiger charge is 2.55. The molecule has 0 amide bonds. The standard InChI is InChI=1S/C23H25ClNS/c1-25-21-9-5-4-8-19(21)23(26-17-12-10-16(24)11-13-17)20-14-15-6-2-3-7-18(15)22(20)25/h4-5,9-13,15,18,20,22-23H,2-3,6-7,14H2,1H3/q+1. The summed E-state index contributed by atoms with van der Waals surface area (Å²) < 4.78 is 0. The van der Waals surface area contributed by atoms with Crippen LogP contribution in [0.3, 0.4) is 0 Å². The molecule has 5 rings (SSSR count). The minimum absolute atomic E-state index is 0.499. The van der Waals surface area contributed by atoms with Gasteiger partial charge >= 0.3 is 0 Å². The number of rotatable bonds is 2. The Morgan fingerprint density at radius 3 is 2.77 bits per heavy atom. The van der Waals surface area contributed by atoms with E-state index < -0.39 is 0 Å². The highest BCUT2D eigenvalue weighted by molar-refractivity contribution is 8.00. The number of hydrogen-bond acceptors (Lipinski definition) is 2. The van der Waals surface area contributed by atoms with E-state index in [1.807, 2.05) is 23.9 Å². The van der Waals surface area contributed by atoms with Gasteiger partial charge in [-0.2, -0.15) is 0 Å². The van der Waals surface area contributed by atoms with Gasteiger partial charge in [0.1, 0.15) is 6.08 Å². The van der Waals surface area contributed by atoms with Crippen molar-refractivity contribution in [1.29, 1.82) is 0 Å². The molecule has 1 saturated heterocycles. The number of likely N-dealkylation sites (tertiary alicyclic amines) is 1. The molecule has 0 aromatic heterocycles. The van der Waals surface area contributed by atoms with Gasteiger partial charge in [0, 0.05) is 41.1 Å². The molecule has 1 heterocycles. The van der Waals surface area contributed by atoms with Crippen LogP contribution in [0.5, 0.6) is 0 Å². The number of halogens is 1. The second-order valence-electron chi connectivity index (χ2n) is 8.17. The third kappa shape index (κ3) is 2.74. The van der Waals surface area contributed by atoms with Crippen molar-refractivity contribution in [3.8, 4) is 0 Å². The second kappa shape index (κ2) is 6.75. The lowest BCUT2D eigenvalue weighted by Gasteiger charge is -2.43. The van der Waals surface area contributed by atoms with Crippen LogP contribution in [0.25, 0.3) is 0 Å². The van der Waals surface area contributed by atoms with Crippen LogP contribution < -0.4 is 0 Å². The summed E-state index contributed by atoms with van der Waals surface area (Å²) in [6.45, 7) is 0. The molecule has 2 saturated carbocycles. The molecule has 5 unspecified atom stereocenters. The summed E-state index contributed by atoms with van der Waals surface area (Å²) in [6, 6.07) is 9.06. The first-order valence-corrected chi connectivity index (χ1v) is 11.1.